The van der Waals surface area contributed by atoms with E-state index in [1.807, 2.05) is 26.0 Å². The number of carboxylic acid groups (broad SMARTS) is 1. The van der Waals surface area contributed by atoms with Gasteiger partial charge in [0.25, 0.3) is 0 Å². The molecule has 0 aliphatic carbocycles. The Morgan fingerprint density at radius 3 is 2.84 bits per heavy atom. The van der Waals surface area contributed by atoms with Crippen molar-refractivity contribution >= 4 is 5.97 Å². The van der Waals surface area contributed by atoms with E-state index in [4.69, 9.17) is 15.6 Å². The molecule has 0 amide bonds. The Labute approximate surface area is 113 Å². The van der Waals surface area contributed by atoms with Crippen LogP contribution < -0.4 is 15.8 Å². The van der Waals surface area contributed by atoms with Crippen molar-refractivity contribution in [2.45, 2.75) is 32.9 Å². The van der Waals surface area contributed by atoms with Crippen molar-refractivity contribution in [2.75, 3.05) is 13.2 Å². The highest BCUT2D eigenvalue weighted by Crippen LogP contribution is 2.18. The van der Waals surface area contributed by atoms with E-state index in [9.17, 15) is 4.79 Å². The number of aryl methyl sites for hydroxylation is 1. The van der Waals surface area contributed by atoms with Crippen LogP contribution in [0.5, 0.6) is 5.75 Å². The lowest BCUT2D eigenvalue weighted by Crippen LogP contribution is -2.35. The first kappa shape index (κ1) is 15.5. The fraction of sp³-hybridized carbons (Fsp3) is 0.500. The van der Waals surface area contributed by atoms with Crippen LogP contribution in [0.2, 0.25) is 0 Å². The van der Waals surface area contributed by atoms with Crippen molar-refractivity contribution < 1.29 is 14.6 Å². The predicted molar refractivity (Wildman–Crippen MR) is 74.3 cm³/mol. The molecule has 0 saturated carbocycles. The van der Waals surface area contributed by atoms with Gasteiger partial charge in [-0.1, -0.05) is 12.1 Å². The highest BCUT2D eigenvalue weighted by Gasteiger charge is 2.07. The molecule has 0 aliphatic rings. The maximum absolute atomic E-state index is 10.5. The van der Waals surface area contributed by atoms with E-state index in [1.54, 1.807) is 0 Å². The molecule has 0 aliphatic heterocycles. The van der Waals surface area contributed by atoms with E-state index in [-0.39, 0.29) is 12.5 Å². The zero-order chi connectivity index (χ0) is 14.3. The number of hydrogen-bond donors (Lipinski definition) is 3. The Morgan fingerprint density at radius 2 is 2.26 bits per heavy atom. The topological polar surface area (TPSA) is 84.6 Å². The normalized spacial score (nSPS) is 12.2. The molecule has 5 heteroatoms. The summed E-state index contributed by atoms with van der Waals surface area (Å²) in [6.45, 7) is 5.77. The van der Waals surface area contributed by atoms with Gasteiger partial charge in [-0.15, -0.1) is 0 Å². The van der Waals surface area contributed by atoms with Crippen LogP contribution in [-0.2, 0) is 11.3 Å². The first-order chi connectivity index (χ1) is 9.02. The minimum Gasteiger partial charge on any atom is -0.494 e. The second-order valence-corrected chi connectivity index (χ2v) is 4.52. The maximum Gasteiger partial charge on any atom is 0.304 e. The van der Waals surface area contributed by atoms with E-state index in [0.717, 1.165) is 16.9 Å². The van der Waals surface area contributed by atoms with Crippen LogP contribution in [0.3, 0.4) is 0 Å². The van der Waals surface area contributed by atoms with Crippen LogP contribution in [0.1, 0.15) is 24.5 Å². The summed E-state index contributed by atoms with van der Waals surface area (Å²) in [5.41, 5.74) is 7.89. The summed E-state index contributed by atoms with van der Waals surface area (Å²) in [7, 11) is 0. The van der Waals surface area contributed by atoms with Gasteiger partial charge in [0, 0.05) is 19.1 Å². The molecule has 0 bridgehead atoms. The van der Waals surface area contributed by atoms with Gasteiger partial charge < -0.3 is 20.9 Å². The van der Waals surface area contributed by atoms with Gasteiger partial charge in [-0.25, -0.2) is 0 Å². The first-order valence-electron chi connectivity index (χ1n) is 6.43. The van der Waals surface area contributed by atoms with E-state index < -0.39 is 5.97 Å². The molecule has 0 heterocycles. The largest absolute Gasteiger partial charge is 0.494 e. The first-order valence-corrected chi connectivity index (χ1v) is 6.43. The average Bonchev–Trinajstić information content (AvgIpc) is 2.32. The van der Waals surface area contributed by atoms with Crippen molar-refractivity contribution in [3.63, 3.8) is 0 Å². The lowest BCUT2D eigenvalue weighted by atomic mass is 10.1. The summed E-state index contributed by atoms with van der Waals surface area (Å²) in [5, 5.41) is 11.8. The molecule has 0 fully saturated rings. The molecule has 0 radical (unpaired) electrons. The molecule has 5 nitrogen and oxygen atoms in total. The molecule has 1 unspecified atom stereocenters. The molecule has 106 valence electrons. The number of ether oxygens (including phenoxy) is 1. The van der Waals surface area contributed by atoms with Crippen molar-refractivity contribution in [3.8, 4) is 5.75 Å². The molecule has 0 saturated heterocycles. The highest BCUT2D eigenvalue weighted by atomic mass is 16.5. The highest BCUT2D eigenvalue weighted by molar-refractivity contribution is 5.67. The Bertz CT molecular complexity index is 421. The van der Waals surface area contributed by atoms with Crippen LogP contribution in [0.15, 0.2) is 18.2 Å². The van der Waals surface area contributed by atoms with Crippen LogP contribution in [0, 0.1) is 6.92 Å². The number of carboxylic acids is 1. The lowest BCUT2D eigenvalue weighted by Gasteiger charge is -2.12. The van der Waals surface area contributed by atoms with E-state index in [2.05, 4.69) is 11.4 Å². The number of nitrogens with one attached hydrogen (secondary N) is 1. The number of rotatable bonds is 8. The monoisotopic (exact) mass is 266 g/mol. The predicted octanol–water partition coefficient (Wildman–Crippen LogP) is 1.29. The van der Waals surface area contributed by atoms with Gasteiger partial charge in [0.05, 0.1) is 13.0 Å². The van der Waals surface area contributed by atoms with Crippen LogP contribution in [-0.4, -0.2) is 30.3 Å². The minimum absolute atomic E-state index is 0.0185. The molecule has 4 N–H and O–H groups in total. The Kier molecular flexibility index (Phi) is 6.32. The molecule has 1 rings (SSSR count). The Hall–Kier alpha value is -1.59. The van der Waals surface area contributed by atoms with Gasteiger partial charge in [-0.05, 0) is 31.0 Å². The van der Waals surface area contributed by atoms with Gasteiger partial charge in [0.1, 0.15) is 5.75 Å². The summed E-state index contributed by atoms with van der Waals surface area (Å²) in [5.74, 6) is 0.0278. The molecule has 1 atom stereocenters. The van der Waals surface area contributed by atoms with Gasteiger partial charge in [-0.2, -0.15) is 0 Å². The second kappa shape index (κ2) is 7.76. The summed E-state index contributed by atoms with van der Waals surface area (Å²) < 4.78 is 5.47. The SMILES string of the molecule is CCOc1ccc(CNCC(N)CC(=O)O)cc1C. The summed E-state index contributed by atoms with van der Waals surface area (Å²) >= 11 is 0. The fourth-order valence-corrected chi connectivity index (χ4v) is 1.84. The third kappa shape index (κ3) is 5.72. The third-order valence-electron chi connectivity index (χ3n) is 2.71. The quantitative estimate of drug-likeness (QED) is 0.660. The van der Waals surface area contributed by atoms with E-state index >= 15 is 0 Å². The fourth-order valence-electron chi connectivity index (χ4n) is 1.84. The molecule has 0 spiro atoms. The average molecular weight is 266 g/mol. The summed E-state index contributed by atoms with van der Waals surface area (Å²) in [4.78, 5) is 10.5. The molecular formula is C14H22N2O3. The molecular weight excluding hydrogens is 244 g/mol. The number of hydrogen-bond acceptors (Lipinski definition) is 4. The number of carbonyl (C=O) groups is 1. The van der Waals surface area contributed by atoms with Crippen molar-refractivity contribution in [1.29, 1.82) is 0 Å². The van der Waals surface area contributed by atoms with Crippen LogP contribution in [0.4, 0.5) is 0 Å². The van der Waals surface area contributed by atoms with Crippen molar-refractivity contribution in [3.05, 3.63) is 29.3 Å². The zero-order valence-corrected chi connectivity index (χ0v) is 11.5. The van der Waals surface area contributed by atoms with Gasteiger partial charge >= 0.3 is 5.97 Å². The Balaban J connectivity index is 2.41. The summed E-state index contributed by atoms with van der Waals surface area (Å²) in [6.07, 6.45) is -0.0185. The number of aliphatic carboxylic acids is 1. The van der Waals surface area contributed by atoms with Crippen molar-refractivity contribution in [1.82, 2.24) is 5.32 Å². The second-order valence-electron chi connectivity index (χ2n) is 4.52. The number of benzene rings is 1. The van der Waals surface area contributed by atoms with E-state index in [1.165, 1.54) is 0 Å². The number of nitrogens with two attached hydrogens (primary N) is 1. The van der Waals surface area contributed by atoms with Gasteiger partial charge in [0.15, 0.2) is 0 Å². The molecule has 19 heavy (non-hydrogen) atoms. The van der Waals surface area contributed by atoms with Crippen LogP contribution in [0.25, 0.3) is 0 Å². The van der Waals surface area contributed by atoms with Gasteiger partial charge in [0.2, 0.25) is 0 Å². The maximum atomic E-state index is 10.5. The van der Waals surface area contributed by atoms with Gasteiger partial charge in [-0.3, -0.25) is 4.79 Å². The minimum atomic E-state index is -0.869. The Morgan fingerprint density at radius 1 is 1.53 bits per heavy atom. The lowest BCUT2D eigenvalue weighted by molar-refractivity contribution is -0.137. The summed E-state index contributed by atoms with van der Waals surface area (Å²) in [6, 6.07) is 5.64. The smallest absolute Gasteiger partial charge is 0.304 e. The molecule has 1 aromatic carbocycles. The zero-order valence-electron chi connectivity index (χ0n) is 11.5. The molecule has 1 aromatic rings. The van der Waals surface area contributed by atoms with Crippen molar-refractivity contribution in [2.24, 2.45) is 5.73 Å². The van der Waals surface area contributed by atoms with Crippen LogP contribution >= 0.6 is 0 Å². The standard InChI is InChI=1S/C14H22N2O3/c1-3-19-13-5-4-11(6-10(13)2)8-16-9-12(15)7-14(17)18/h4-6,12,16H,3,7-9,15H2,1-2H3,(H,17,18). The third-order valence-corrected chi connectivity index (χ3v) is 2.71. The molecule has 0 aromatic heterocycles. The van der Waals surface area contributed by atoms with E-state index in [0.29, 0.717) is 19.7 Å².